The lowest BCUT2D eigenvalue weighted by molar-refractivity contribution is 0.0374. The molecule has 3 aromatic rings. The first-order valence-electron chi connectivity index (χ1n) is 7.88. The first-order chi connectivity index (χ1) is 11.7. The Morgan fingerprint density at radius 1 is 1.17 bits per heavy atom. The molecule has 0 unspecified atom stereocenters. The van der Waals surface area contributed by atoms with Gasteiger partial charge in [-0.05, 0) is 13.8 Å². The molecule has 1 aromatic carbocycles. The number of aryl methyl sites for hydroxylation is 2. The van der Waals surface area contributed by atoms with Crippen LogP contribution in [0.1, 0.15) is 22.4 Å². The Bertz CT molecular complexity index is 827. The van der Waals surface area contributed by atoms with Crippen molar-refractivity contribution in [3.8, 4) is 11.4 Å². The summed E-state index contributed by atoms with van der Waals surface area (Å²) in [6, 6.07) is 8.63. The van der Waals surface area contributed by atoms with Crippen molar-refractivity contribution < 1.29 is 9.26 Å². The second-order valence-corrected chi connectivity index (χ2v) is 6.79. The molecular weight excluding hydrogens is 324 g/mol. The number of ether oxygens (including phenoxy) is 1. The van der Waals surface area contributed by atoms with E-state index in [9.17, 15) is 0 Å². The molecule has 1 saturated heterocycles. The lowest BCUT2D eigenvalue weighted by atomic mass is 10.1. The van der Waals surface area contributed by atoms with E-state index in [4.69, 9.17) is 9.26 Å². The molecule has 2 aromatic heterocycles. The van der Waals surface area contributed by atoms with Crippen molar-refractivity contribution in [2.45, 2.75) is 20.0 Å². The minimum atomic E-state index is -0.0489. The summed E-state index contributed by atoms with van der Waals surface area (Å²) in [5.74, 6) is 0.609. The fourth-order valence-corrected chi connectivity index (χ4v) is 3.49. The Hall–Kier alpha value is -2.25. The van der Waals surface area contributed by atoms with Crippen molar-refractivity contribution in [2.24, 2.45) is 0 Å². The molecule has 24 heavy (non-hydrogen) atoms. The SMILES string of the molecule is Cc1ccc(-c2noc(N3CCO[C@H](c4nc(C)cs4)C3)n2)cc1. The number of hydrogen-bond acceptors (Lipinski definition) is 7. The highest BCUT2D eigenvalue weighted by molar-refractivity contribution is 7.09. The van der Waals surface area contributed by atoms with Crippen molar-refractivity contribution in [1.29, 1.82) is 0 Å². The maximum Gasteiger partial charge on any atom is 0.324 e. The Labute approximate surface area is 144 Å². The van der Waals surface area contributed by atoms with Crippen LogP contribution in [0.15, 0.2) is 34.2 Å². The van der Waals surface area contributed by atoms with E-state index in [1.807, 2.05) is 36.6 Å². The lowest BCUT2D eigenvalue weighted by Crippen LogP contribution is -2.38. The molecule has 0 aliphatic carbocycles. The molecule has 0 spiro atoms. The summed E-state index contributed by atoms with van der Waals surface area (Å²) < 4.78 is 11.3. The summed E-state index contributed by atoms with van der Waals surface area (Å²) in [6.45, 7) is 6.07. The summed E-state index contributed by atoms with van der Waals surface area (Å²) in [5, 5.41) is 7.15. The zero-order valence-corrected chi connectivity index (χ0v) is 14.4. The van der Waals surface area contributed by atoms with Crippen molar-refractivity contribution in [3.63, 3.8) is 0 Å². The highest BCUT2D eigenvalue weighted by Gasteiger charge is 2.27. The summed E-state index contributed by atoms with van der Waals surface area (Å²) in [7, 11) is 0. The van der Waals surface area contributed by atoms with Crippen molar-refractivity contribution in [2.75, 3.05) is 24.6 Å². The Morgan fingerprint density at radius 3 is 2.75 bits per heavy atom. The summed E-state index contributed by atoms with van der Waals surface area (Å²) in [6.07, 6.45) is -0.0489. The second-order valence-electron chi connectivity index (χ2n) is 5.90. The first kappa shape index (κ1) is 15.3. The molecular formula is C17H18N4O2S. The fraction of sp³-hybridized carbons (Fsp3) is 0.353. The Balaban J connectivity index is 1.52. The molecule has 0 N–H and O–H groups in total. The zero-order valence-electron chi connectivity index (χ0n) is 13.6. The van der Waals surface area contributed by atoms with Crippen LogP contribution in [0.25, 0.3) is 11.4 Å². The zero-order chi connectivity index (χ0) is 16.5. The van der Waals surface area contributed by atoms with Gasteiger partial charge in [0.1, 0.15) is 11.1 Å². The minimum Gasteiger partial charge on any atom is -0.367 e. The molecule has 7 heteroatoms. The van der Waals surface area contributed by atoms with Gasteiger partial charge in [0.05, 0.1) is 13.2 Å². The van der Waals surface area contributed by atoms with Crippen molar-refractivity contribution in [3.05, 3.63) is 45.9 Å². The molecule has 1 aliphatic rings. The molecule has 0 saturated carbocycles. The molecule has 0 amide bonds. The van der Waals surface area contributed by atoms with E-state index in [2.05, 4.69) is 26.9 Å². The smallest absolute Gasteiger partial charge is 0.324 e. The molecule has 4 rings (SSSR count). The van der Waals surface area contributed by atoms with Gasteiger partial charge in [0.2, 0.25) is 5.82 Å². The number of aromatic nitrogens is 3. The van der Waals surface area contributed by atoms with Crippen LogP contribution >= 0.6 is 11.3 Å². The van der Waals surface area contributed by atoms with Gasteiger partial charge in [0, 0.05) is 23.2 Å². The molecule has 1 atom stereocenters. The van der Waals surface area contributed by atoms with Gasteiger partial charge >= 0.3 is 6.01 Å². The van der Waals surface area contributed by atoms with Gasteiger partial charge in [-0.3, -0.25) is 0 Å². The average Bonchev–Trinajstić information content (AvgIpc) is 3.25. The maximum absolute atomic E-state index is 5.85. The largest absolute Gasteiger partial charge is 0.367 e. The van der Waals surface area contributed by atoms with Crippen LogP contribution in [0.5, 0.6) is 0 Å². The van der Waals surface area contributed by atoms with Crippen LogP contribution in [0, 0.1) is 13.8 Å². The Kier molecular flexibility index (Phi) is 4.03. The van der Waals surface area contributed by atoms with Crippen LogP contribution in [0.4, 0.5) is 6.01 Å². The molecule has 3 heterocycles. The number of hydrogen-bond donors (Lipinski definition) is 0. The standard InChI is InChI=1S/C17H18N4O2S/c1-11-3-5-13(6-4-11)15-19-17(23-20-15)21-7-8-22-14(9-21)16-18-12(2)10-24-16/h3-6,10,14H,7-9H2,1-2H3/t14-/m0/s1. The number of anilines is 1. The van der Waals surface area contributed by atoms with Gasteiger partial charge in [-0.2, -0.15) is 4.98 Å². The third kappa shape index (κ3) is 3.05. The second kappa shape index (κ2) is 6.33. The molecule has 0 radical (unpaired) electrons. The van der Waals surface area contributed by atoms with E-state index in [0.29, 0.717) is 25.0 Å². The number of morpholine rings is 1. The number of rotatable bonds is 3. The maximum atomic E-state index is 5.85. The molecule has 6 nitrogen and oxygen atoms in total. The third-order valence-corrected chi connectivity index (χ3v) is 5.03. The topological polar surface area (TPSA) is 64.3 Å². The van der Waals surface area contributed by atoms with E-state index in [-0.39, 0.29) is 6.10 Å². The van der Waals surface area contributed by atoms with Gasteiger partial charge in [-0.15, -0.1) is 11.3 Å². The van der Waals surface area contributed by atoms with Gasteiger partial charge in [0.15, 0.2) is 0 Å². The first-order valence-corrected chi connectivity index (χ1v) is 8.76. The number of thiazole rings is 1. The van der Waals surface area contributed by atoms with E-state index >= 15 is 0 Å². The van der Waals surface area contributed by atoms with E-state index in [1.165, 1.54) is 5.56 Å². The van der Waals surface area contributed by atoms with E-state index < -0.39 is 0 Å². The minimum absolute atomic E-state index is 0.0489. The fourth-order valence-electron chi connectivity index (χ4n) is 2.66. The predicted octanol–water partition coefficient (Wildman–Crippen LogP) is 3.39. The van der Waals surface area contributed by atoms with Crippen molar-refractivity contribution in [1.82, 2.24) is 15.1 Å². The van der Waals surface area contributed by atoms with E-state index in [1.54, 1.807) is 11.3 Å². The van der Waals surface area contributed by atoms with Crippen LogP contribution in [-0.2, 0) is 4.74 Å². The van der Waals surface area contributed by atoms with Crippen LogP contribution < -0.4 is 4.90 Å². The average molecular weight is 342 g/mol. The van der Waals surface area contributed by atoms with Crippen LogP contribution in [0.3, 0.4) is 0 Å². The third-order valence-electron chi connectivity index (χ3n) is 3.97. The molecule has 1 aliphatic heterocycles. The van der Waals surface area contributed by atoms with Gasteiger partial charge in [0.25, 0.3) is 0 Å². The van der Waals surface area contributed by atoms with Crippen molar-refractivity contribution >= 4 is 17.4 Å². The van der Waals surface area contributed by atoms with E-state index in [0.717, 1.165) is 22.8 Å². The van der Waals surface area contributed by atoms with Crippen LogP contribution in [-0.4, -0.2) is 34.8 Å². The van der Waals surface area contributed by atoms with Gasteiger partial charge < -0.3 is 14.2 Å². The number of nitrogens with zero attached hydrogens (tertiary/aromatic N) is 4. The van der Waals surface area contributed by atoms with Gasteiger partial charge in [-0.1, -0.05) is 35.0 Å². The molecule has 0 bridgehead atoms. The molecule has 124 valence electrons. The predicted molar refractivity (Wildman–Crippen MR) is 92.2 cm³/mol. The normalized spacial score (nSPS) is 18.1. The lowest BCUT2D eigenvalue weighted by Gasteiger charge is -2.30. The quantitative estimate of drug-likeness (QED) is 0.727. The molecule has 1 fully saturated rings. The summed E-state index contributed by atoms with van der Waals surface area (Å²) in [5.41, 5.74) is 3.18. The van der Waals surface area contributed by atoms with Crippen LogP contribution in [0.2, 0.25) is 0 Å². The highest BCUT2D eigenvalue weighted by Crippen LogP contribution is 2.28. The highest BCUT2D eigenvalue weighted by atomic mass is 32.1. The Morgan fingerprint density at radius 2 is 2.00 bits per heavy atom. The number of benzene rings is 1. The summed E-state index contributed by atoms with van der Waals surface area (Å²) >= 11 is 1.63. The summed E-state index contributed by atoms with van der Waals surface area (Å²) in [4.78, 5) is 11.1. The van der Waals surface area contributed by atoms with Gasteiger partial charge in [-0.25, -0.2) is 4.98 Å². The monoisotopic (exact) mass is 342 g/mol.